The molecule has 0 fully saturated rings. The van der Waals surface area contributed by atoms with E-state index in [9.17, 15) is 14.9 Å². The Morgan fingerprint density at radius 2 is 2.29 bits per heavy atom. The van der Waals surface area contributed by atoms with Crippen LogP contribution in [0.1, 0.15) is 11.3 Å². The highest BCUT2D eigenvalue weighted by atomic mass is 16.6. The molecule has 0 unspecified atom stereocenters. The maximum atomic E-state index is 10.9. The van der Waals surface area contributed by atoms with E-state index in [1.54, 1.807) is 6.07 Å². The van der Waals surface area contributed by atoms with E-state index in [1.165, 1.54) is 30.1 Å². The number of carbonyl (C=O) groups is 1. The summed E-state index contributed by atoms with van der Waals surface area (Å²) in [6.07, 6.45) is 1.27. The van der Waals surface area contributed by atoms with E-state index in [-0.39, 0.29) is 24.4 Å². The summed E-state index contributed by atoms with van der Waals surface area (Å²) in [4.78, 5) is 21.0. The van der Waals surface area contributed by atoms with Crippen molar-refractivity contribution >= 4 is 11.7 Å². The number of carboxylic acids is 1. The molecule has 0 aliphatic heterocycles. The minimum atomic E-state index is -0.998. The van der Waals surface area contributed by atoms with Crippen LogP contribution >= 0.6 is 0 Å². The van der Waals surface area contributed by atoms with Gasteiger partial charge in [-0.25, -0.2) is 4.68 Å². The number of nitrogens with zero attached hydrogens (tertiary/aromatic N) is 4. The number of hydrogen-bond acceptors (Lipinski definition) is 6. The van der Waals surface area contributed by atoms with Gasteiger partial charge in [-0.3, -0.25) is 14.9 Å². The molecule has 21 heavy (non-hydrogen) atoms. The number of ether oxygens (including phenoxy) is 1. The topological polar surface area (TPSA) is 120 Å². The molecule has 1 heterocycles. The fourth-order valence-electron chi connectivity index (χ4n) is 1.82. The van der Waals surface area contributed by atoms with Gasteiger partial charge in [0, 0.05) is 12.3 Å². The Kier molecular flexibility index (Phi) is 4.12. The van der Waals surface area contributed by atoms with Crippen molar-refractivity contribution < 1.29 is 19.6 Å². The summed E-state index contributed by atoms with van der Waals surface area (Å²) in [5.41, 5.74) is 0.820. The monoisotopic (exact) mass is 292 g/mol. The molecule has 0 radical (unpaired) electrons. The number of carboxylic acid groups (broad SMARTS) is 1. The summed E-state index contributed by atoms with van der Waals surface area (Å²) in [6.45, 7) is 0.247. The fraction of sp³-hybridized carbons (Fsp3) is 0.250. The van der Waals surface area contributed by atoms with Crippen LogP contribution in [0.5, 0.6) is 5.75 Å². The zero-order chi connectivity index (χ0) is 15.4. The zero-order valence-corrected chi connectivity index (χ0v) is 11.1. The minimum Gasteiger partial charge on any atom is -0.490 e. The minimum absolute atomic E-state index is 0.138. The Morgan fingerprint density at radius 3 is 2.90 bits per heavy atom. The normalized spacial score (nSPS) is 10.3. The van der Waals surface area contributed by atoms with E-state index >= 15 is 0 Å². The van der Waals surface area contributed by atoms with Crippen molar-refractivity contribution in [2.45, 2.75) is 13.0 Å². The molecule has 0 saturated carbocycles. The molecule has 1 aromatic heterocycles. The predicted octanol–water partition coefficient (Wildman–Crippen LogP) is 0.870. The molecule has 0 bridgehead atoms. The summed E-state index contributed by atoms with van der Waals surface area (Å²) in [7, 11) is 1.36. The van der Waals surface area contributed by atoms with Gasteiger partial charge in [0.1, 0.15) is 0 Å². The fourth-order valence-corrected chi connectivity index (χ4v) is 1.82. The molecule has 0 amide bonds. The van der Waals surface area contributed by atoms with Gasteiger partial charge >= 0.3 is 11.7 Å². The average molecular weight is 292 g/mol. The van der Waals surface area contributed by atoms with Gasteiger partial charge in [0.25, 0.3) is 0 Å². The molecule has 0 saturated heterocycles. The Morgan fingerprint density at radius 1 is 1.52 bits per heavy atom. The lowest BCUT2D eigenvalue weighted by Gasteiger charge is -2.04. The molecule has 1 N–H and O–H groups in total. The maximum Gasteiger partial charge on any atom is 0.311 e. The molecule has 0 spiro atoms. The summed E-state index contributed by atoms with van der Waals surface area (Å²) < 4.78 is 6.34. The van der Waals surface area contributed by atoms with Crippen molar-refractivity contribution in [1.82, 2.24) is 15.0 Å². The predicted molar refractivity (Wildman–Crippen MR) is 70.1 cm³/mol. The van der Waals surface area contributed by atoms with Gasteiger partial charge in [-0.1, -0.05) is 11.3 Å². The maximum absolute atomic E-state index is 10.9. The number of aliphatic carboxylic acids is 1. The third kappa shape index (κ3) is 3.53. The molecule has 9 heteroatoms. The highest BCUT2D eigenvalue weighted by molar-refractivity contribution is 5.69. The van der Waals surface area contributed by atoms with Crippen LogP contribution in [0.4, 0.5) is 5.69 Å². The van der Waals surface area contributed by atoms with Gasteiger partial charge in [0.15, 0.2) is 5.75 Å². The Bertz CT molecular complexity index is 682. The number of benzene rings is 1. The lowest BCUT2D eigenvalue weighted by molar-refractivity contribution is -0.385. The number of rotatable bonds is 6. The second-order valence-electron chi connectivity index (χ2n) is 4.24. The van der Waals surface area contributed by atoms with Crippen molar-refractivity contribution in [1.29, 1.82) is 0 Å². The molecule has 1 aromatic carbocycles. The van der Waals surface area contributed by atoms with Gasteiger partial charge in [-0.15, -0.1) is 5.10 Å². The third-order valence-electron chi connectivity index (χ3n) is 2.70. The lowest BCUT2D eigenvalue weighted by Crippen LogP contribution is -2.02. The van der Waals surface area contributed by atoms with Gasteiger partial charge in [0.05, 0.1) is 30.7 Å². The van der Waals surface area contributed by atoms with Crippen LogP contribution in [0.25, 0.3) is 0 Å². The summed E-state index contributed by atoms with van der Waals surface area (Å²) >= 11 is 0. The Balaban J connectivity index is 2.19. The quantitative estimate of drug-likeness (QED) is 0.619. The summed E-state index contributed by atoms with van der Waals surface area (Å²) in [5, 5.41) is 27.1. The molecule has 0 atom stereocenters. The van der Waals surface area contributed by atoms with Crippen molar-refractivity contribution in [2.75, 3.05) is 7.11 Å². The standard InChI is InChI=1S/C12H12N4O5/c1-21-11-3-2-8(4-10(11)16(19)20)6-15-7-9(13-14-15)5-12(17)18/h2-4,7H,5-6H2,1H3,(H,17,18). The van der Waals surface area contributed by atoms with Crippen molar-refractivity contribution in [3.05, 3.63) is 45.8 Å². The van der Waals surface area contributed by atoms with Crippen molar-refractivity contribution in [3.63, 3.8) is 0 Å². The lowest BCUT2D eigenvalue weighted by atomic mass is 10.2. The van der Waals surface area contributed by atoms with E-state index < -0.39 is 10.9 Å². The largest absolute Gasteiger partial charge is 0.490 e. The zero-order valence-electron chi connectivity index (χ0n) is 11.1. The van der Waals surface area contributed by atoms with Crippen LogP contribution in [0.2, 0.25) is 0 Å². The van der Waals surface area contributed by atoms with E-state index in [1.807, 2.05) is 0 Å². The second kappa shape index (κ2) is 5.99. The average Bonchev–Trinajstić information content (AvgIpc) is 2.85. The molecule has 9 nitrogen and oxygen atoms in total. The van der Waals surface area contributed by atoms with Crippen LogP contribution in [-0.4, -0.2) is 38.1 Å². The van der Waals surface area contributed by atoms with Gasteiger partial charge < -0.3 is 9.84 Å². The second-order valence-corrected chi connectivity index (χ2v) is 4.24. The smallest absolute Gasteiger partial charge is 0.311 e. The van der Waals surface area contributed by atoms with Crippen LogP contribution in [0.15, 0.2) is 24.4 Å². The molecule has 0 aliphatic carbocycles. The third-order valence-corrected chi connectivity index (χ3v) is 2.70. The van der Waals surface area contributed by atoms with Crippen LogP contribution in [-0.2, 0) is 17.8 Å². The molecule has 110 valence electrons. The number of methoxy groups -OCH3 is 1. The SMILES string of the molecule is COc1ccc(Cn2cc(CC(=O)O)nn2)cc1[N+](=O)[O-]. The molecule has 2 aromatic rings. The van der Waals surface area contributed by atoms with E-state index in [2.05, 4.69) is 10.3 Å². The van der Waals surface area contributed by atoms with Crippen molar-refractivity contribution in [2.24, 2.45) is 0 Å². The van der Waals surface area contributed by atoms with Crippen LogP contribution in [0.3, 0.4) is 0 Å². The Hall–Kier alpha value is -2.97. The highest BCUT2D eigenvalue weighted by Crippen LogP contribution is 2.27. The first-order valence-electron chi connectivity index (χ1n) is 5.91. The number of aromatic nitrogens is 3. The van der Waals surface area contributed by atoms with Crippen molar-refractivity contribution in [3.8, 4) is 5.75 Å². The molecular formula is C12H12N4O5. The van der Waals surface area contributed by atoms with Gasteiger partial charge in [-0.2, -0.15) is 0 Å². The van der Waals surface area contributed by atoms with Crippen LogP contribution < -0.4 is 4.74 Å². The highest BCUT2D eigenvalue weighted by Gasteiger charge is 2.15. The molecule has 2 rings (SSSR count). The number of nitro benzene ring substituents is 1. The number of hydrogen-bond donors (Lipinski definition) is 1. The summed E-state index contributed by atoms with van der Waals surface area (Å²) in [6, 6.07) is 4.56. The van der Waals surface area contributed by atoms with Gasteiger partial charge in [0.2, 0.25) is 0 Å². The van der Waals surface area contributed by atoms with E-state index in [4.69, 9.17) is 9.84 Å². The first kappa shape index (κ1) is 14.4. The molecular weight excluding hydrogens is 280 g/mol. The number of nitro groups is 1. The van der Waals surface area contributed by atoms with E-state index in [0.29, 0.717) is 11.3 Å². The van der Waals surface area contributed by atoms with Gasteiger partial charge in [-0.05, 0) is 11.6 Å². The molecule has 0 aliphatic rings. The van der Waals surface area contributed by atoms with E-state index in [0.717, 1.165) is 0 Å². The first-order chi connectivity index (χ1) is 9.99. The Labute approximate surface area is 118 Å². The summed E-state index contributed by atoms with van der Waals surface area (Å²) in [5.74, 6) is -0.823. The first-order valence-corrected chi connectivity index (χ1v) is 5.91. The van der Waals surface area contributed by atoms with Crippen LogP contribution in [0, 0.1) is 10.1 Å².